The Bertz CT molecular complexity index is 866. The van der Waals surface area contributed by atoms with E-state index in [0.29, 0.717) is 6.42 Å². The fourth-order valence-corrected chi connectivity index (χ4v) is 6.09. The lowest BCUT2D eigenvalue weighted by Gasteiger charge is -2.19. The molecule has 1 unspecified atom stereocenters. The molecule has 0 aliphatic rings. The number of phosphoric acid groups is 1. The Hall–Kier alpha value is -1.51. The summed E-state index contributed by atoms with van der Waals surface area (Å²) in [6.07, 6.45) is 36.3. The third-order valence-corrected chi connectivity index (χ3v) is 9.29. The smallest absolute Gasteiger partial charge is 0.462 e. The van der Waals surface area contributed by atoms with Crippen LogP contribution < -0.4 is 5.73 Å². The van der Waals surface area contributed by atoms with Crippen molar-refractivity contribution < 1.29 is 37.6 Å². The number of nitrogens with two attached hydrogens (primary N) is 1. The molecular formula is C39H74NO8P. The van der Waals surface area contributed by atoms with Gasteiger partial charge in [0.15, 0.2) is 6.10 Å². The summed E-state index contributed by atoms with van der Waals surface area (Å²) in [5, 5.41) is 0. The number of rotatable bonds is 37. The van der Waals surface area contributed by atoms with Gasteiger partial charge >= 0.3 is 19.8 Å². The summed E-state index contributed by atoms with van der Waals surface area (Å²) in [5.74, 6) is -0.851. The predicted molar refractivity (Wildman–Crippen MR) is 201 cm³/mol. The zero-order chi connectivity index (χ0) is 36.1. The second-order valence-electron chi connectivity index (χ2n) is 13.1. The molecule has 0 saturated carbocycles. The van der Waals surface area contributed by atoms with Gasteiger partial charge in [-0.2, -0.15) is 0 Å². The van der Waals surface area contributed by atoms with Gasteiger partial charge < -0.3 is 20.1 Å². The minimum atomic E-state index is -4.37. The Morgan fingerprint density at radius 3 is 1.49 bits per heavy atom. The summed E-state index contributed by atoms with van der Waals surface area (Å²) >= 11 is 0. The van der Waals surface area contributed by atoms with Crippen LogP contribution in [-0.2, 0) is 32.7 Å². The summed E-state index contributed by atoms with van der Waals surface area (Å²) in [5.41, 5.74) is 5.33. The molecule has 0 aliphatic heterocycles. The van der Waals surface area contributed by atoms with Crippen LogP contribution in [0.1, 0.15) is 181 Å². The Morgan fingerprint density at radius 1 is 0.592 bits per heavy atom. The number of phosphoric ester groups is 1. The van der Waals surface area contributed by atoms with Crippen molar-refractivity contribution in [3.63, 3.8) is 0 Å². The predicted octanol–water partition coefficient (Wildman–Crippen LogP) is 10.8. The largest absolute Gasteiger partial charge is 0.472 e. The van der Waals surface area contributed by atoms with E-state index in [9.17, 15) is 19.0 Å². The van der Waals surface area contributed by atoms with Crippen LogP contribution in [0.3, 0.4) is 0 Å². The summed E-state index contributed by atoms with van der Waals surface area (Å²) < 4.78 is 32.6. The van der Waals surface area contributed by atoms with Crippen LogP contribution in [0.4, 0.5) is 0 Å². The molecule has 9 nitrogen and oxygen atoms in total. The minimum absolute atomic E-state index is 0.0513. The molecule has 0 spiro atoms. The molecule has 0 saturated heterocycles. The third kappa shape index (κ3) is 36.1. The molecule has 3 N–H and O–H groups in total. The standard InChI is InChI=1S/C39H74NO8P/c1-3-5-7-9-11-13-15-17-18-20-21-23-25-27-29-31-38(41)45-35-37(36-47-49(43,44)46-34-33-40)48-39(42)32-30-28-26-24-22-19-16-14-12-10-8-6-4-2/h13,15,19,22,37H,3-12,14,16-18,20-21,23-36,40H2,1-2H3,(H,43,44)/b15-13+,22-19+/t37-/m1/s1. The van der Waals surface area contributed by atoms with Gasteiger partial charge in [-0.05, 0) is 64.2 Å². The molecular weight excluding hydrogens is 641 g/mol. The van der Waals surface area contributed by atoms with Gasteiger partial charge in [0.2, 0.25) is 0 Å². The zero-order valence-corrected chi connectivity index (χ0v) is 32.3. The highest BCUT2D eigenvalue weighted by atomic mass is 31.2. The van der Waals surface area contributed by atoms with Gasteiger partial charge in [0.05, 0.1) is 13.2 Å². The first-order valence-electron chi connectivity index (χ1n) is 19.8. The Balaban J connectivity index is 4.22. The van der Waals surface area contributed by atoms with Crippen molar-refractivity contribution in [1.29, 1.82) is 0 Å². The number of ether oxygens (including phenoxy) is 2. The van der Waals surface area contributed by atoms with E-state index in [0.717, 1.165) is 57.8 Å². The second kappa shape index (κ2) is 36.3. The van der Waals surface area contributed by atoms with Crippen molar-refractivity contribution in [3.8, 4) is 0 Å². The van der Waals surface area contributed by atoms with Gasteiger partial charge in [-0.25, -0.2) is 4.57 Å². The number of carbonyl (C=O) groups excluding carboxylic acids is 2. The van der Waals surface area contributed by atoms with Crippen molar-refractivity contribution in [3.05, 3.63) is 24.3 Å². The van der Waals surface area contributed by atoms with Crippen LogP contribution in [0.15, 0.2) is 24.3 Å². The number of unbranched alkanes of at least 4 members (excludes halogenated alkanes) is 20. The molecule has 0 rings (SSSR count). The zero-order valence-electron chi connectivity index (χ0n) is 31.4. The number of hydrogen-bond donors (Lipinski definition) is 2. The molecule has 2 atom stereocenters. The normalized spacial score (nSPS) is 13.6. The fourth-order valence-electron chi connectivity index (χ4n) is 5.33. The van der Waals surface area contributed by atoms with E-state index in [1.165, 1.54) is 89.9 Å². The average Bonchev–Trinajstić information content (AvgIpc) is 3.08. The maximum atomic E-state index is 12.5. The molecule has 0 amide bonds. The topological polar surface area (TPSA) is 134 Å². The van der Waals surface area contributed by atoms with Crippen molar-refractivity contribution >= 4 is 19.8 Å². The van der Waals surface area contributed by atoms with E-state index in [1.54, 1.807) is 0 Å². The molecule has 0 aromatic carbocycles. The van der Waals surface area contributed by atoms with Crippen molar-refractivity contribution in [2.45, 2.75) is 187 Å². The summed E-state index contributed by atoms with van der Waals surface area (Å²) in [7, 11) is -4.37. The number of carbonyl (C=O) groups is 2. The van der Waals surface area contributed by atoms with Gasteiger partial charge in [0.25, 0.3) is 0 Å². The Morgan fingerprint density at radius 2 is 1.00 bits per heavy atom. The molecule has 288 valence electrons. The maximum absolute atomic E-state index is 12.5. The third-order valence-electron chi connectivity index (χ3n) is 8.31. The quantitative estimate of drug-likeness (QED) is 0.0279. The average molecular weight is 716 g/mol. The molecule has 0 heterocycles. The van der Waals surface area contributed by atoms with E-state index in [4.69, 9.17) is 24.3 Å². The molecule has 0 bridgehead atoms. The molecule has 0 fully saturated rings. The van der Waals surface area contributed by atoms with E-state index in [2.05, 4.69) is 38.2 Å². The van der Waals surface area contributed by atoms with Crippen LogP contribution >= 0.6 is 7.82 Å². The molecule has 0 aromatic rings. The number of allylic oxidation sites excluding steroid dienone is 4. The van der Waals surface area contributed by atoms with Crippen molar-refractivity contribution in [1.82, 2.24) is 0 Å². The van der Waals surface area contributed by atoms with Crippen LogP contribution in [-0.4, -0.2) is 49.3 Å². The van der Waals surface area contributed by atoms with E-state index < -0.39 is 32.5 Å². The number of esters is 2. The lowest BCUT2D eigenvalue weighted by Crippen LogP contribution is -2.29. The van der Waals surface area contributed by atoms with Gasteiger partial charge in [-0.3, -0.25) is 18.6 Å². The monoisotopic (exact) mass is 716 g/mol. The molecule has 10 heteroatoms. The minimum Gasteiger partial charge on any atom is -0.462 e. The summed E-state index contributed by atoms with van der Waals surface area (Å²) in [6.45, 7) is 3.68. The number of hydrogen-bond acceptors (Lipinski definition) is 8. The molecule has 0 aliphatic carbocycles. The highest BCUT2D eigenvalue weighted by Crippen LogP contribution is 2.43. The van der Waals surface area contributed by atoms with E-state index >= 15 is 0 Å². The SMILES string of the molecule is CCCCCC/C=C/CCCCCCCCCC(=O)OC[C@H](COP(=O)(O)OCCN)OC(=O)CCCCC/C=C/CCCCCCCC. The first kappa shape index (κ1) is 47.5. The van der Waals surface area contributed by atoms with Crippen LogP contribution in [0.2, 0.25) is 0 Å². The van der Waals surface area contributed by atoms with Gasteiger partial charge in [0.1, 0.15) is 6.61 Å². The van der Waals surface area contributed by atoms with Crippen LogP contribution in [0.5, 0.6) is 0 Å². The van der Waals surface area contributed by atoms with Gasteiger partial charge in [-0.1, -0.05) is 128 Å². The summed E-state index contributed by atoms with van der Waals surface area (Å²) in [4.78, 5) is 34.7. The van der Waals surface area contributed by atoms with Crippen LogP contribution in [0.25, 0.3) is 0 Å². The lowest BCUT2D eigenvalue weighted by atomic mass is 10.1. The highest BCUT2D eigenvalue weighted by Gasteiger charge is 2.25. The molecule has 49 heavy (non-hydrogen) atoms. The van der Waals surface area contributed by atoms with Gasteiger partial charge in [0, 0.05) is 19.4 Å². The summed E-state index contributed by atoms with van der Waals surface area (Å²) in [6, 6.07) is 0. The Labute approximate surface area is 300 Å². The van der Waals surface area contributed by atoms with Crippen molar-refractivity contribution in [2.75, 3.05) is 26.4 Å². The second-order valence-corrected chi connectivity index (χ2v) is 14.6. The lowest BCUT2D eigenvalue weighted by molar-refractivity contribution is -0.161. The Kier molecular flexibility index (Phi) is 35.2. The van der Waals surface area contributed by atoms with Gasteiger partial charge in [-0.15, -0.1) is 0 Å². The van der Waals surface area contributed by atoms with Crippen molar-refractivity contribution in [2.24, 2.45) is 5.73 Å². The van der Waals surface area contributed by atoms with E-state index in [1.807, 2.05) is 0 Å². The first-order chi connectivity index (χ1) is 23.8. The first-order valence-corrected chi connectivity index (χ1v) is 21.3. The highest BCUT2D eigenvalue weighted by molar-refractivity contribution is 7.47. The molecule has 0 radical (unpaired) electrons. The molecule has 0 aromatic heterocycles. The maximum Gasteiger partial charge on any atom is 0.472 e. The van der Waals surface area contributed by atoms with E-state index in [-0.39, 0.29) is 32.6 Å². The fraction of sp³-hybridized carbons (Fsp3) is 0.846. The van der Waals surface area contributed by atoms with Crippen LogP contribution in [0, 0.1) is 0 Å².